The molecule has 1 aromatic rings. The Balaban J connectivity index is 1.79. The summed E-state index contributed by atoms with van der Waals surface area (Å²) in [5, 5.41) is 4.22. The molecule has 17 heavy (non-hydrogen) atoms. The molecule has 1 fully saturated rings. The molecule has 0 unspecified atom stereocenters. The lowest BCUT2D eigenvalue weighted by atomic mass is 9.85. The van der Waals surface area contributed by atoms with Crippen molar-refractivity contribution in [2.75, 3.05) is 25.4 Å². The highest BCUT2D eigenvalue weighted by atomic mass is 15.3. The number of likely N-dealkylation sites (tertiary alicyclic amines) is 1. The highest BCUT2D eigenvalue weighted by Crippen LogP contribution is 2.29. The summed E-state index contributed by atoms with van der Waals surface area (Å²) in [6.45, 7) is 9.22. The molecular weight excluding hydrogens is 212 g/mol. The van der Waals surface area contributed by atoms with Gasteiger partial charge in [0.25, 0.3) is 0 Å². The molecule has 1 saturated heterocycles. The first-order valence-corrected chi connectivity index (χ1v) is 6.55. The molecule has 2 N–H and O–H groups in total. The second-order valence-corrected chi connectivity index (χ2v) is 5.90. The van der Waals surface area contributed by atoms with Crippen LogP contribution in [0, 0.1) is 5.41 Å². The third-order valence-electron chi connectivity index (χ3n) is 3.73. The minimum absolute atomic E-state index is 0.519. The molecule has 0 atom stereocenters. The van der Waals surface area contributed by atoms with Crippen molar-refractivity contribution < 1.29 is 0 Å². The molecule has 0 aromatic carbocycles. The minimum atomic E-state index is 0.519. The lowest BCUT2D eigenvalue weighted by molar-refractivity contribution is 0.251. The number of aromatic nitrogens is 2. The third kappa shape index (κ3) is 3.73. The van der Waals surface area contributed by atoms with E-state index in [1.807, 2.05) is 10.9 Å². The first kappa shape index (κ1) is 12.4. The largest absolute Gasteiger partial charge is 0.396 e. The highest BCUT2D eigenvalue weighted by Gasteiger charge is 2.22. The van der Waals surface area contributed by atoms with Crippen LogP contribution in [0.15, 0.2) is 12.4 Å². The molecule has 2 heterocycles. The van der Waals surface area contributed by atoms with Crippen LogP contribution in [0.3, 0.4) is 0 Å². The van der Waals surface area contributed by atoms with E-state index in [0.29, 0.717) is 5.41 Å². The number of rotatable bonds is 3. The van der Waals surface area contributed by atoms with Crippen LogP contribution < -0.4 is 5.73 Å². The average Bonchev–Trinajstić information content (AvgIpc) is 2.59. The van der Waals surface area contributed by atoms with Crippen LogP contribution in [0.25, 0.3) is 0 Å². The van der Waals surface area contributed by atoms with Gasteiger partial charge in [0.05, 0.1) is 18.4 Å². The van der Waals surface area contributed by atoms with Crippen LogP contribution in [0.1, 0.15) is 33.1 Å². The number of hydrogen-bond acceptors (Lipinski definition) is 3. The summed E-state index contributed by atoms with van der Waals surface area (Å²) >= 11 is 0. The van der Waals surface area contributed by atoms with Crippen LogP contribution in [0.2, 0.25) is 0 Å². The van der Waals surface area contributed by atoms with Crippen molar-refractivity contribution >= 4 is 5.69 Å². The van der Waals surface area contributed by atoms with Crippen LogP contribution in [-0.2, 0) is 6.54 Å². The number of nitrogens with zero attached hydrogens (tertiary/aromatic N) is 3. The average molecular weight is 236 g/mol. The monoisotopic (exact) mass is 236 g/mol. The van der Waals surface area contributed by atoms with Gasteiger partial charge in [0.1, 0.15) is 0 Å². The van der Waals surface area contributed by atoms with E-state index in [2.05, 4.69) is 23.8 Å². The van der Waals surface area contributed by atoms with Gasteiger partial charge in [0, 0.05) is 12.7 Å². The molecule has 0 radical (unpaired) electrons. The maximum Gasteiger partial charge on any atom is 0.0719 e. The van der Waals surface area contributed by atoms with Gasteiger partial charge < -0.3 is 10.6 Å². The summed E-state index contributed by atoms with van der Waals surface area (Å²) in [7, 11) is 0. The molecule has 0 bridgehead atoms. The van der Waals surface area contributed by atoms with Gasteiger partial charge in [-0.05, 0) is 37.8 Å². The summed E-state index contributed by atoms with van der Waals surface area (Å²) in [5.41, 5.74) is 6.92. The van der Waals surface area contributed by atoms with Crippen molar-refractivity contribution in [3.8, 4) is 0 Å². The SMILES string of the molecule is CC1(C)CCCN(CCn2cc(N)cn2)CC1. The van der Waals surface area contributed by atoms with Gasteiger partial charge in [0.2, 0.25) is 0 Å². The first-order chi connectivity index (χ1) is 8.05. The van der Waals surface area contributed by atoms with E-state index in [9.17, 15) is 0 Å². The van der Waals surface area contributed by atoms with E-state index in [4.69, 9.17) is 5.73 Å². The molecule has 96 valence electrons. The molecule has 1 aromatic heterocycles. The fourth-order valence-electron chi connectivity index (χ4n) is 2.45. The van der Waals surface area contributed by atoms with Crippen molar-refractivity contribution in [3.63, 3.8) is 0 Å². The molecule has 1 aliphatic rings. The van der Waals surface area contributed by atoms with Gasteiger partial charge in [-0.25, -0.2) is 0 Å². The van der Waals surface area contributed by atoms with Gasteiger partial charge in [0.15, 0.2) is 0 Å². The van der Waals surface area contributed by atoms with E-state index >= 15 is 0 Å². The molecule has 4 nitrogen and oxygen atoms in total. The van der Waals surface area contributed by atoms with Crippen molar-refractivity contribution in [1.82, 2.24) is 14.7 Å². The zero-order valence-electron chi connectivity index (χ0n) is 11.0. The van der Waals surface area contributed by atoms with Crippen LogP contribution >= 0.6 is 0 Å². The van der Waals surface area contributed by atoms with E-state index in [1.54, 1.807) is 6.20 Å². The zero-order chi connectivity index (χ0) is 12.3. The summed E-state index contributed by atoms with van der Waals surface area (Å²) < 4.78 is 1.94. The smallest absolute Gasteiger partial charge is 0.0719 e. The van der Waals surface area contributed by atoms with Crippen molar-refractivity contribution in [1.29, 1.82) is 0 Å². The maximum atomic E-state index is 5.65. The summed E-state index contributed by atoms with van der Waals surface area (Å²) in [5.74, 6) is 0. The Labute approximate surface area is 104 Å². The van der Waals surface area contributed by atoms with E-state index in [1.165, 1.54) is 32.4 Å². The fourth-order valence-corrected chi connectivity index (χ4v) is 2.45. The lowest BCUT2D eigenvalue weighted by Crippen LogP contribution is -2.29. The predicted octanol–water partition coefficient (Wildman–Crippen LogP) is 1.98. The molecule has 0 aliphatic carbocycles. The van der Waals surface area contributed by atoms with E-state index in [0.717, 1.165) is 18.8 Å². The van der Waals surface area contributed by atoms with Crippen LogP contribution in [0.4, 0.5) is 5.69 Å². The third-order valence-corrected chi connectivity index (χ3v) is 3.73. The van der Waals surface area contributed by atoms with Crippen molar-refractivity contribution in [3.05, 3.63) is 12.4 Å². The number of hydrogen-bond donors (Lipinski definition) is 1. The molecule has 0 saturated carbocycles. The second-order valence-electron chi connectivity index (χ2n) is 5.90. The normalized spacial score (nSPS) is 21.3. The second kappa shape index (κ2) is 5.08. The topological polar surface area (TPSA) is 47.1 Å². The number of nitrogens with two attached hydrogens (primary N) is 1. The Kier molecular flexibility index (Phi) is 3.72. The van der Waals surface area contributed by atoms with Crippen LogP contribution in [0.5, 0.6) is 0 Å². The van der Waals surface area contributed by atoms with Crippen molar-refractivity contribution in [2.45, 2.75) is 39.7 Å². The van der Waals surface area contributed by atoms with Crippen LogP contribution in [-0.4, -0.2) is 34.3 Å². The molecule has 0 spiro atoms. The van der Waals surface area contributed by atoms with E-state index in [-0.39, 0.29) is 0 Å². The Morgan fingerprint density at radius 2 is 2.12 bits per heavy atom. The number of anilines is 1. The molecule has 4 heteroatoms. The Hall–Kier alpha value is -1.03. The first-order valence-electron chi connectivity index (χ1n) is 6.55. The molecule has 0 amide bonds. The summed E-state index contributed by atoms with van der Waals surface area (Å²) in [6, 6.07) is 0. The maximum absolute atomic E-state index is 5.65. The zero-order valence-corrected chi connectivity index (χ0v) is 11.0. The summed E-state index contributed by atoms with van der Waals surface area (Å²) in [4.78, 5) is 2.55. The molecule has 1 aliphatic heterocycles. The molecular formula is C13H24N4. The fraction of sp³-hybridized carbons (Fsp3) is 0.769. The van der Waals surface area contributed by atoms with E-state index < -0.39 is 0 Å². The van der Waals surface area contributed by atoms with Gasteiger partial charge in [-0.1, -0.05) is 13.8 Å². The minimum Gasteiger partial charge on any atom is -0.396 e. The predicted molar refractivity (Wildman–Crippen MR) is 70.7 cm³/mol. The quantitative estimate of drug-likeness (QED) is 0.873. The lowest BCUT2D eigenvalue weighted by Gasteiger charge is -2.23. The van der Waals surface area contributed by atoms with Gasteiger partial charge >= 0.3 is 0 Å². The summed E-state index contributed by atoms with van der Waals surface area (Å²) in [6.07, 6.45) is 7.58. The molecule has 2 rings (SSSR count). The Morgan fingerprint density at radius 3 is 2.82 bits per heavy atom. The van der Waals surface area contributed by atoms with Gasteiger partial charge in [-0.3, -0.25) is 4.68 Å². The Bertz CT molecular complexity index is 356. The number of nitrogen functional groups attached to an aromatic ring is 1. The van der Waals surface area contributed by atoms with Crippen molar-refractivity contribution in [2.24, 2.45) is 5.41 Å². The highest BCUT2D eigenvalue weighted by molar-refractivity contribution is 5.30. The standard InChI is InChI=1S/C13H24N4/c1-13(2)4-3-6-16(7-5-13)8-9-17-11-12(14)10-15-17/h10-11H,3-9,14H2,1-2H3. The van der Waals surface area contributed by atoms with Gasteiger partial charge in [-0.2, -0.15) is 5.10 Å². The van der Waals surface area contributed by atoms with Gasteiger partial charge in [-0.15, -0.1) is 0 Å². The Morgan fingerprint density at radius 1 is 1.29 bits per heavy atom.